The minimum absolute atomic E-state index is 0.00850. The lowest BCUT2D eigenvalue weighted by Crippen LogP contribution is -2.43. The average molecular weight is 981 g/mol. The quantitative estimate of drug-likeness (QED) is 0.0957. The first-order chi connectivity index (χ1) is 34.7. The van der Waals surface area contributed by atoms with E-state index in [2.05, 4.69) is 21.3 Å². The van der Waals surface area contributed by atoms with Crippen molar-refractivity contribution >= 4 is 35.4 Å². The summed E-state index contributed by atoms with van der Waals surface area (Å²) in [6.07, 6.45) is 2.59. The number of likely N-dealkylation sites (tertiary alicyclic amines) is 2. The van der Waals surface area contributed by atoms with Crippen molar-refractivity contribution in [1.82, 2.24) is 31.1 Å². The van der Waals surface area contributed by atoms with Crippen LogP contribution in [-0.4, -0.2) is 95.6 Å². The normalized spacial score (nSPS) is 28.7. The summed E-state index contributed by atoms with van der Waals surface area (Å²) >= 11 is 0. The van der Waals surface area contributed by atoms with Crippen molar-refractivity contribution < 1.29 is 46.3 Å². The third kappa shape index (κ3) is 9.95. The van der Waals surface area contributed by atoms with Crippen molar-refractivity contribution in [1.29, 1.82) is 0 Å². The fourth-order valence-electron chi connectivity index (χ4n) is 11.0. The van der Waals surface area contributed by atoms with Crippen LogP contribution in [0.2, 0.25) is 0 Å². The highest BCUT2D eigenvalue weighted by atomic mass is 19.1. The van der Waals surface area contributed by atoms with Crippen LogP contribution in [0.4, 0.5) is 17.6 Å². The van der Waals surface area contributed by atoms with Crippen LogP contribution in [0, 0.1) is 46.9 Å². The van der Waals surface area contributed by atoms with Crippen LogP contribution in [0.3, 0.4) is 0 Å². The molecule has 370 valence electrons. The van der Waals surface area contributed by atoms with Crippen LogP contribution >= 0.6 is 0 Å². The molecule has 0 radical (unpaired) electrons. The number of benzene rings is 5. The molecule has 12 atom stereocenters. The second kappa shape index (κ2) is 19.0. The molecular formula is C56H52F4N6O6. The van der Waals surface area contributed by atoms with E-state index >= 15 is 0 Å². The van der Waals surface area contributed by atoms with Crippen molar-refractivity contribution in [3.05, 3.63) is 178 Å². The lowest BCUT2D eigenvalue weighted by Gasteiger charge is -2.18. The number of nitrogens with one attached hydrogen (secondary N) is 4. The third-order valence-electron chi connectivity index (χ3n) is 15.6. The smallest absolute Gasteiger partial charge is 0.253 e. The first kappa shape index (κ1) is 47.0. The van der Waals surface area contributed by atoms with Gasteiger partial charge in [-0.05, 0) is 121 Å². The molecule has 4 N–H and O–H groups in total. The number of nitrogens with zero attached hydrogens (tertiary/aromatic N) is 2. The van der Waals surface area contributed by atoms with E-state index in [4.69, 9.17) is 0 Å². The second-order valence-corrected chi connectivity index (χ2v) is 20.5. The number of halogens is 4. The van der Waals surface area contributed by atoms with Crippen LogP contribution in [0.15, 0.2) is 121 Å². The standard InChI is InChI=1S/C56H52F4N6O6/c57-35-13-5-29(6-14-35)39-21-47(39)61-51(67)43-25-65(26-44(43)52(68)62-48-22-40(48)30-7-15-36(58)16-8-30)55(71)33-1-2-34(4-3-33)56(72)66-27-45(53(69)63-49-23-41(49)31-9-17-37(59)18-10-31)46(28-66)54(70)64-50-24-42(50)32-11-19-38(60)20-12-32/h1-20,39-50H,21-28H2,(H,61,67)(H,62,68)(H,63,69)(H,64,70)/t39-,40-,41?,42?,43-,44-,45-,46?,47?,48?,49?,50+/m1/s1. The molecule has 6 amide bonds. The van der Waals surface area contributed by atoms with Gasteiger partial charge in [0.1, 0.15) is 23.3 Å². The molecule has 6 unspecified atom stereocenters. The summed E-state index contributed by atoms with van der Waals surface area (Å²) in [7, 11) is 0. The largest absolute Gasteiger partial charge is 0.352 e. The lowest BCUT2D eigenvalue weighted by atomic mass is 9.94. The summed E-state index contributed by atoms with van der Waals surface area (Å²) in [6.45, 7) is -0.162. The summed E-state index contributed by atoms with van der Waals surface area (Å²) in [5, 5.41) is 12.2. The second-order valence-electron chi connectivity index (χ2n) is 20.5. The minimum atomic E-state index is -0.875. The zero-order valence-corrected chi connectivity index (χ0v) is 39.0. The Morgan fingerprint density at radius 1 is 0.333 bits per heavy atom. The topological polar surface area (TPSA) is 157 Å². The molecule has 6 aliphatic rings. The van der Waals surface area contributed by atoms with Crippen LogP contribution in [-0.2, 0) is 19.2 Å². The Morgan fingerprint density at radius 2 is 0.542 bits per heavy atom. The predicted octanol–water partition coefficient (Wildman–Crippen LogP) is 6.31. The average Bonchev–Trinajstić information content (AvgIpc) is 4.32. The van der Waals surface area contributed by atoms with E-state index in [9.17, 15) is 46.3 Å². The molecule has 0 spiro atoms. The summed E-state index contributed by atoms with van der Waals surface area (Å²) in [5.41, 5.74) is 4.00. The van der Waals surface area contributed by atoms with Crippen LogP contribution in [0.5, 0.6) is 0 Å². The molecule has 4 saturated carbocycles. The fourth-order valence-corrected chi connectivity index (χ4v) is 11.0. The molecule has 2 aliphatic heterocycles. The molecule has 16 heteroatoms. The highest BCUT2D eigenvalue weighted by Crippen LogP contribution is 2.45. The van der Waals surface area contributed by atoms with E-state index in [1.54, 1.807) is 48.5 Å². The van der Waals surface area contributed by atoms with E-state index < -0.39 is 35.5 Å². The molecule has 5 aromatic rings. The molecule has 12 nitrogen and oxygen atoms in total. The number of rotatable bonds is 14. The highest BCUT2D eigenvalue weighted by Gasteiger charge is 2.51. The van der Waals surface area contributed by atoms with Gasteiger partial charge in [-0.3, -0.25) is 28.8 Å². The maximum absolute atomic E-state index is 14.2. The van der Waals surface area contributed by atoms with Crippen LogP contribution < -0.4 is 21.3 Å². The predicted molar refractivity (Wildman–Crippen MR) is 255 cm³/mol. The van der Waals surface area contributed by atoms with E-state index in [1.807, 2.05) is 0 Å². The Balaban J connectivity index is 0.757. The number of carbonyl (C=O) groups excluding carboxylic acids is 6. The molecule has 11 rings (SSSR count). The minimum Gasteiger partial charge on any atom is -0.352 e. The van der Waals surface area contributed by atoms with Gasteiger partial charge in [0.15, 0.2) is 0 Å². The molecule has 2 heterocycles. The maximum Gasteiger partial charge on any atom is 0.253 e. The van der Waals surface area contributed by atoms with Crippen LogP contribution in [0.1, 0.15) is 92.3 Å². The van der Waals surface area contributed by atoms with Gasteiger partial charge in [0.05, 0.1) is 23.7 Å². The van der Waals surface area contributed by atoms with E-state index in [0.717, 1.165) is 22.3 Å². The van der Waals surface area contributed by atoms with Crippen molar-refractivity contribution in [3.8, 4) is 0 Å². The Bertz CT molecular complexity index is 2560. The van der Waals surface area contributed by atoms with Gasteiger partial charge in [-0.15, -0.1) is 0 Å². The Labute approximate surface area is 412 Å². The van der Waals surface area contributed by atoms with Gasteiger partial charge in [-0.25, -0.2) is 17.6 Å². The molecule has 72 heavy (non-hydrogen) atoms. The van der Waals surface area contributed by atoms with Gasteiger partial charge < -0.3 is 31.1 Å². The van der Waals surface area contributed by atoms with Gasteiger partial charge in [0.2, 0.25) is 23.6 Å². The first-order valence-corrected chi connectivity index (χ1v) is 24.7. The van der Waals surface area contributed by atoms with Gasteiger partial charge >= 0.3 is 0 Å². The van der Waals surface area contributed by atoms with Gasteiger partial charge in [-0.2, -0.15) is 0 Å². The summed E-state index contributed by atoms with van der Waals surface area (Å²) < 4.78 is 54.5. The fraction of sp³-hybridized carbons (Fsp3) is 0.357. The molecular weight excluding hydrogens is 929 g/mol. The number of carbonyl (C=O) groups is 6. The van der Waals surface area contributed by atoms with Gasteiger partial charge in [0.25, 0.3) is 11.8 Å². The first-order valence-electron chi connectivity index (χ1n) is 24.7. The number of hydrogen-bond donors (Lipinski definition) is 4. The Hall–Kier alpha value is -7.36. The van der Waals surface area contributed by atoms with Gasteiger partial charge in [-0.1, -0.05) is 48.5 Å². The summed E-state index contributed by atoms with van der Waals surface area (Å²) in [6, 6.07) is 29.6. The molecule has 2 saturated heterocycles. The third-order valence-corrected chi connectivity index (χ3v) is 15.6. The molecule has 4 aliphatic carbocycles. The summed E-state index contributed by atoms with van der Waals surface area (Å²) in [4.78, 5) is 87.2. The van der Waals surface area contributed by atoms with Crippen molar-refractivity contribution in [2.45, 2.75) is 73.5 Å². The maximum atomic E-state index is 14.2. The Morgan fingerprint density at radius 3 is 0.750 bits per heavy atom. The molecule has 0 bridgehead atoms. The van der Waals surface area contributed by atoms with Crippen molar-refractivity contribution in [2.75, 3.05) is 26.2 Å². The van der Waals surface area contributed by atoms with Crippen molar-refractivity contribution in [3.63, 3.8) is 0 Å². The van der Waals surface area contributed by atoms with E-state index in [1.165, 1.54) is 82.6 Å². The monoisotopic (exact) mass is 980 g/mol. The van der Waals surface area contributed by atoms with E-state index in [0.29, 0.717) is 25.7 Å². The number of hydrogen-bond acceptors (Lipinski definition) is 6. The molecule has 5 aromatic carbocycles. The van der Waals surface area contributed by atoms with E-state index in [-0.39, 0.29) is 132 Å². The molecule has 6 fully saturated rings. The molecule has 0 aromatic heterocycles. The zero-order valence-electron chi connectivity index (χ0n) is 39.0. The summed E-state index contributed by atoms with van der Waals surface area (Å²) in [5.74, 6) is -7.34. The highest BCUT2D eigenvalue weighted by molar-refractivity contribution is 6.00. The lowest BCUT2D eigenvalue weighted by molar-refractivity contribution is -0.133. The Kier molecular flexibility index (Phi) is 12.4. The van der Waals surface area contributed by atoms with Crippen molar-refractivity contribution in [2.24, 2.45) is 23.7 Å². The SMILES string of the molecule is O=C(N[C@H]1CC1c1ccc(F)cc1)C1CN(C(=O)c2ccc(C(=O)N3C[C@@H](C(=O)NC4C[C@@H]4c4ccc(F)cc4)[C@H](C(=O)NC4C[C@@H]4c4ccc(F)cc4)C3)cc2)C[C@H]1C(=O)NC1CC1c1ccc(F)cc1. The zero-order chi connectivity index (χ0) is 49.9. The van der Waals surface area contributed by atoms with Gasteiger partial charge in [0, 0.05) is 85.1 Å². The number of amides is 6. The van der Waals surface area contributed by atoms with Crippen LogP contribution in [0.25, 0.3) is 0 Å².